The zero-order valence-corrected chi connectivity index (χ0v) is 14.4. The van der Waals surface area contributed by atoms with Gasteiger partial charge in [0.1, 0.15) is 11.4 Å². The maximum absolute atomic E-state index is 14.7. The molecule has 1 aromatic heterocycles. The number of benzene rings is 1. The molecule has 7 nitrogen and oxygen atoms in total. The lowest BCUT2D eigenvalue weighted by Crippen LogP contribution is -3.12. The number of nitrogens with two attached hydrogens (primary N) is 1. The number of rotatable bonds is 3. The number of hydrogen-bond donors (Lipinski definition) is 3. The van der Waals surface area contributed by atoms with Crippen LogP contribution in [0.5, 0.6) is 0 Å². The van der Waals surface area contributed by atoms with Gasteiger partial charge in [0.2, 0.25) is 5.43 Å². The van der Waals surface area contributed by atoms with Crippen LogP contribution in [0.4, 0.5) is 10.1 Å². The Morgan fingerprint density at radius 2 is 2.04 bits per heavy atom. The molecular weight excluding hydrogens is 325 g/mol. The molecule has 1 amide bonds. The van der Waals surface area contributed by atoms with Crippen molar-refractivity contribution in [3.63, 3.8) is 0 Å². The zero-order chi connectivity index (χ0) is 18.1. The molecule has 0 atom stereocenters. The molecule has 134 valence electrons. The summed E-state index contributed by atoms with van der Waals surface area (Å²) in [5.74, 6) is 4.01. The highest BCUT2D eigenvalue weighted by atomic mass is 19.1. The molecule has 0 spiro atoms. The molecule has 0 bridgehead atoms. The van der Waals surface area contributed by atoms with Crippen molar-refractivity contribution in [3.05, 3.63) is 39.9 Å². The van der Waals surface area contributed by atoms with Crippen molar-refractivity contribution in [2.45, 2.75) is 13.5 Å². The Balaban J connectivity index is 2.17. The Labute approximate surface area is 144 Å². The van der Waals surface area contributed by atoms with Crippen LogP contribution in [0.2, 0.25) is 0 Å². The number of halogens is 1. The van der Waals surface area contributed by atoms with E-state index in [-0.39, 0.29) is 10.9 Å². The topological polar surface area (TPSA) is 84.8 Å². The lowest BCUT2D eigenvalue weighted by atomic mass is 10.1. The summed E-state index contributed by atoms with van der Waals surface area (Å²) in [5.41, 5.74) is 2.47. The van der Waals surface area contributed by atoms with Crippen molar-refractivity contribution < 1.29 is 14.1 Å². The molecule has 0 unspecified atom stereocenters. The van der Waals surface area contributed by atoms with Gasteiger partial charge in [-0.3, -0.25) is 15.0 Å². The summed E-state index contributed by atoms with van der Waals surface area (Å²) in [6, 6.07) is 2.94. The van der Waals surface area contributed by atoms with Gasteiger partial charge in [0, 0.05) is 18.1 Å². The molecule has 0 aliphatic carbocycles. The highest BCUT2D eigenvalue weighted by Crippen LogP contribution is 2.25. The van der Waals surface area contributed by atoms with E-state index in [1.165, 1.54) is 17.2 Å². The summed E-state index contributed by atoms with van der Waals surface area (Å²) in [6.07, 6.45) is 1.47. The maximum atomic E-state index is 14.7. The lowest BCUT2D eigenvalue weighted by molar-refractivity contribution is -0.880. The number of nitrogen functional groups attached to an aromatic ring is 1. The number of anilines is 1. The lowest BCUT2D eigenvalue weighted by Gasteiger charge is -2.32. The van der Waals surface area contributed by atoms with E-state index < -0.39 is 17.2 Å². The van der Waals surface area contributed by atoms with Crippen molar-refractivity contribution in [3.8, 4) is 0 Å². The number of fused-ring (bicyclic) bond motifs is 1. The molecule has 1 aliphatic heterocycles. The van der Waals surface area contributed by atoms with E-state index in [2.05, 4.69) is 7.05 Å². The number of likely N-dealkylation sites (N-methyl/N-ethyl adjacent to an activating group) is 1. The van der Waals surface area contributed by atoms with Crippen LogP contribution in [0.15, 0.2) is 23.1 Å². The highest BCUT2D eigenvalue weighted by Gasteiger charge is 2.22. The number of hydrazine groups is 1. The normalized spacial score (nSPS) is 15.6. The summed E-state index contributed by atoms with van der Waals surface area (Å²) in [6.45, 7) is 5.84. The van der Waals surface area contributed by atoms with E-state index in [0.717, 1.165) is 26.2 Å². The summed E-state index contributed by atoms with van der Waals surface area (Å²) < 4.78 is 16.5. The first-order valence-corrected chi connectivity index (χ1v) is 8.40. The fraction of sp³-hybridized carbons (Fsp3) is 0.412. The predicted molar refractivity (Wildman–Crippen MR) is 94.3 cm³/mol. The number of aryl methyl sites for hydroxylation is 1. The molecule has 25 heavy (non-hydrogen) atoms. The molecule has 0 radical (unpaired) electrons. The number of amides is 1. The van der Waals surface area contributed by atoms with Crippen LogP contribution in [0.3, 0.4) is 0 Å². The van der Waals surface area contributed by atoms with Gasteiger partial charge < -0.3 is 14.4 Å². The van der Waals surface area contributed by atoms with Crippen molar-refractivity contribution >= 4 is 22.5 Å². The number of hydrogen-bond acceptors (Lipinski definition) is 4. The Bertz CT molecular complexity index is 871. The highest BCUT2D eigenvalue weighted by molar-refractivity contribution is 5.97. The Morgan fingerprint density at radius 1 is 1.36 bits per heavy atom. The monoisotopic (exact) mass is 348 g/mol. The average Bonchev–Trinajstić information content (AvgIpc) is 2.62. The standard InChI is InChI=1S/C17H22FN5O2/c1-3-22-10-12(17(25)20-19)16(24)11-8-13(18)15(9-14(11)22)23-6-4-21(2)5-7-23/h8-10H,3-7,19H2,1-2H3,(H,20,25)/p+1. The second-order valence-electron chi connectivity index (χ2n) is 6.40. The van der Waals surface area contributed by atoms with Gasteiger partial charge >= 0.3 is 0 Å². The molecule has 0 saturated carbocycles. The van der Waals surface area contributed by atoms with Crippen LogP contribution in [0.25, 0.3) is 10.9 Å². The Morgan fingerprint density at radius 3 is 2.64 bits per heavy atom. The van der Waals surface area contributed by atoms with Gasteiger partial charge in [-0.1, -0.05) is 0 Å². The van der Waals surface area contributed by atoms with Gasteiger partial charge in [-0.2, -0.15) is 0 Å². The van der Waals surface area contributed by atoms with Crippen molar-refractivity contribution in [1.29, 1.82) is 0 Å². The Kier molecular flexibility index (Phi) is 4.73. The van der Waals surface area contributed by atoms with Gasteiger partial charge in [0.05, 0.1) is 44.4 Å². The van der Waals surface area contributed by atoms with Crippen LogP contribution < -0.4 is 26.5 Å². The van der Waals surface area contributed by atoms with Crippen LogP contribution in [-0.4, -0.2) is 43.7 Å². The van der Waals surface area contributed by atoms with Crippen molar-refractivity contribution in [2.24, 2.45) is 5.84 Å². The summed E-state index contributed by atoms with van der Waals surface area (Å²) >= 11 is 0. The summed E-state index contributed by atoms with van der Waals surface area (Å²) in [7, 11) is 2.12. The number of nitrogens with zero attached hydrogens (tertiary/aromatic N) is 2. The molecule has 1 aromatic carbocycles. The maximum Gasteiger partial charge on any atom is 0.270 e. The number of quaternary nitrogens is 1. The summed E-state index contributed by atoms with van der Waals surface area (Å²) in [4.78, 5) is 27.8. The largest absolute Gasteiger partial charge is 0.358 e. The third kappa shape index (κ3) is 3.10. The number of aromatic nitrogens is 1. The SMILES string of the molecule is CCn1cc(C(=O)NN)c(=O)c2cc(F)c(N3CC[NH+](C)CC3)cc21. The number of piperazine rings is 1. The molecular formula is C17H23FN5O2+. The first-order chi connectivity index (χ1) is 12.0. The molecule has 1 fully saturated rings. The van der Waals surface area contributed by atoms with E-state index >= 15 is 0 Å². The van der Waals surface area contributed by atoms with Gasteiger partial charge in [-0.15, -0.1) is 0 Å². The van der Waals surface area contributed by atoms with Crippen LogP contribution in [0, 0.1) is 5.82 Å². The van der Waals surface area contributed by atoms with Crippen LogP contribution in [0.1, 0.15) is 17.3 Å². The quantitative estimate of drug-likeness (QED) is 0.381. The first-order valence-electron chi connectivity index (χ1n) is 8.40. The summed E-state index contributed by atoms with van der Waals surface area (Å²) in [5, 5.41) is 0.184. The van der Waals surface area contributed by atoms with E-state index in [9.17, 15) is 14.0 Å². The molecule has 1 saturated heterocycles. The van der Waals surface area contributed by atoms with Gasteiger partial charge in [-0.25, -0.2) is 10.2 Å². The minimum Gasteiger partial charge on any atom is -0.358 e. The zero-order valence-electron chi connectivity index (χ0n) is 14.4. The minimum absolute atomic E-state index is 0.0906. The third-order valence-electron chi connectivity index (χ3n) is 4.82. The second kappa shape index (κ2) is 6.81. The minimum atomic E-state index is -0.680. The van der Waals surface area contributed by atoms with Crippen LogP contribution >= 0.6 is 0 Å². The first kappa shape index (κ1) is 17.4. The third-order valence-corrected chi connectivity index (χ3v) is 4.82. The molecule has 2 heterocycles. The molecule has 2 aromatic rings. The second-order valence-corrected chi connectivity index (χ2v) is 6.40. The van der Waals surface area contributed by atoms with Crippen molar-refractivity contribution in [1.82, 2.24) is 9.99 Å². The van der Waals surface area contributed by atoms with E-state index in [1.807, 2.05) is 17.2 Å². The Hall–Kier alpha value is -2.45. The molecule has 3 rings (SSSR count). The number of pyridine rings is 1. The number of nitrogens with one attached hydrogen (secondary N) is 2. The molecule has 1 aliphatic rings. The van der Waals surface area contributed by atoms with E-state index in [0.29, 0.717) is 17.7 Å². The van der Waals surface area contributed by atoms with Gasteiger partial charge in [0.25, 0.3) is 5.91 Å². The molecule has 4 N–H and O–H groups in total. The number of carbonyl (C=O) groups excluding carboxylic acids is 1. The predicted octanol–water partition coefficient (Wildman–Crippen LogP) is -0.901. The van der Waals surface area contributed by atoms with Gasteiger partial charge in [-0.05, 0) is 19.1 Å². The van der Waals surface area contributed by atoms with Crippen LogP contribution in [-0.2, 0) is 6.54 Å². The number of carbonyl (C=O) groups is 1. The van der Waals surface area contributed by atoms with Gasteiger partial charge in [0.15, 0.2) is 0 Å². The molecule has 8 heteroatoms. The average molecular weight is 348 g/mol. The fourth-order valence-corrected chi connectivity index (χ4v) is 3.27. The van der Waals surface area contributed by atoms with E-state index in [4.69, 9.17) is 5.84 Å². The smallest absolute Gasteiger partial charge is 0.270 e. The fourth-order valence-electron chi connectivity index (χ4n) is 3.27. The van der Waals surface area contributed by atoms with E-state index in [1.54, 1.807) is 10.6 Å². The van der Waals surface area contributed by atoms with Crippen molar-refractivity contribution in [2.75, 3.05) is 38.1 Å².